The second kappa shape index (κ2) is 7.55. The molecule has 122 valence electrons. The fourth-order valence-electron chi connectivity index (χ4n) is 1.89. The van der Waals surface area contributed by atoms with Crippen LogP contribution in [0.4, 0.5) is 0 Å². The average molecular weight is 416 g/mol. The number of halogens is 2. The molecule has 1 amide bonds. The summed E-state index contributed by atoms with van der Waals surface area (Å²) in [4.78, 5) is 27.0. The summed E-state index contributed by atoms with van der Waals surface area (Å²) in [6.07, 6.45) is 0. The van der Waals surface area contributed by atoms with Crippen molar-refractivity contribution in [2.24, 2.45) is 0 Å². The van der Waals surface area contributed by atoms with Crippen molar-refractivity contribution in [3.05, 3.63) is 61.9 Å². The highest BCUT2D eigenvalue weighted by Crippen LogP contribution is 2.32. The molecule has 0 spiro atoms. The fraction of sp³-hybridized carbons (Fsp3) is 0.250. The van der Waals surface area contributed by atoms with E-state index in [1.54, 1.807) is 11.8 Å². The Morgan fingerprint density at radius 1 is 1.30 bits per heavy atom. The molecule has 2 N–H and O–H groups in total. The molecule has 0 aliphatic heterocycles. The van der Waals surface area contributed by atoms with Gasteiger partial charge >= 0.3 is 0 Å². The molecule has 0 radical (unpaired) electrons. The first-order chi connectivity index (χ1) is 10.7. The molecule has 2 rings (SSSR count). The number of pyridine rings is 1. The lowest BCUT2D eigenvalue weighted by atomic mass is 10.2. The van der Waals surface area contributed by atoms with E-state index in [1.165, 1.54) is 12.1 Å². The molecule has 0 unspecified atom stereocenters. The molecule has 0 aliphatic rings. The second-order valence-corrected chi connectivity index (χ2v) is 8.68. The average Bonchev–Trinajstić information content (AvgIpc) is 2.46. The van der Waals surface area contributed by atoms with E-state index in [2.05, 4.69) is 26.2 Å². The Bertz CT molecular complexity index is 759. The molecule has 0 atom stereocenters. The van der Waals surface area contributed by atoms with Gasteiger partial charge in [-0.25, -0.2) is 0 Å². The molecule has 0 fully saturated rings. The lowest BCUT2D eigenvalue weighted by Gasteiger charge is -2.24. The minimum absolute atomic E-state index is 0.145. The molecule has 0 bridgehead atoms. The highest BCUT2D eigenvalue weighted by Gasteiger charge is 2.21. The van der Waals surface area contributed by atoms with Crippen LogP contribution in [0, 0.1) is 0 Å². The molecule has 0 saturated heterocycles. The third-order valence-electron chi connectivity index (χ3n) is 2.96. The Morgan fingerprint density at radius 3 is 2.57 bits per heavy atom. The molecule has 0 saturated carbocycles. The third kappa shape index (κ3) is 5.71. The van der Waals surface area contributed by atoms with Gasteiger partial charge in [0.1, 0.15) is 5.15 Å². The summed E-state index contributed by atoms with van der Waals surface area (Å²) in [6, 6.07) is 10.7. The van der Waals surface area contributed by atoms with Gasteiger partial charge in [-0.3, -0.25) is 9.59 Å². The molecule has 7 heteroatoms. The molecule has 1 aromatic heterocycles. The van der Waals surface area contributed by atoms with Gasteiger partial charge < -0.3 is 10.3 Å². The summed E-state index contributed by atoms with van der Waals surface area (Å²) >= 11 is 10.8. The first-order valence-electron chi connectivity index (χ1n) is 6.88. The number of carbonyl (C=O) groups is 1. The van der Waals surface area contributed by atoms with Crippen molar-refractivity contribution in [3.63, 3.8) is 0 Å². The van der Waals surface area contributed by atoms with Gasteiger partial charge in [0.15, 0.2) is 0 Å². The van der Waals surface area contributed by atoms with Crippen LogP contribution in [-0.2, 0) is 0 Å². The van der Waals surface area contributed by atoms with E-state index < -0.39 is 5.56 Å². The van der Waals surface area contributed by atoms with Crippen molar-refractivity contribution in [1.29, 1.82) is 0 Å². The van der Waals surface area contributed by atoms with Crippen LogP contribution in [0.2, 0.25) is 5.15 Å². The van der Waals surface area contributed by atoms with Crippen LogP contribution in [0.25, 0.3) is 0 Å². The molecule has 1 heterocycles. The van der Waals surface area contributed by atoms with E-state index >= 15 is 0 Å². The summed E-state index contributed by atoms with van der Waals surface area (Å²) in [5.41, 5.74) is -0.144. The Balaban J connectivity index is 1.99. The Kier molecular flexibility index (Phi) is 5.95. The van der Waals surface area contributed by atoms with Gasteiger partial charge in [0.05, 0.1) is 0 Å². The van der Waals surface area contributed by atoms with E-state index in [9.17, 15) is 9.59 Å². The number of amides is 1. The monoisotopic (exact) mass is 414 g/mol. The van der Waals surface area contributed by atoms with Crippen LogP contribution < -0.4 is 10.9 Å². The van der Waals surface area contributed by atoms with Crippen LogP contribution >= 0.6 is 39.3 Å². The Labute approximate surface area is 152 Å². The smallest absolute Gasteiger partial charge is 0.251 e. The highest BCUT2D eigenvalue weighted by molar-refractivity contribution is 9.10. The van der Waals surface area contributed by atoms with Crippen LogP contribution in [0.5, 0.6) is 0 Å². The van der Waals surface area contributed by atoms with Gasteiger partial charge in [-0.15, -0.1) is 11.8 Å². The maximum atomic E-state index is 12.2. The van der Waals surface area contributed by atoms with Gasteiger partial charge in [0.2, 0.25) is 5.56 Å². The summed E-state index contributed by atoms with van der Waals surface area (Å²) in [5, 5.41) is 2.99. The SMILES string of the molecule is CC(C)(CNC(=O)c1cc(Cl)[nH]c(=O)c1)Sc1ccc(Br)cc1. The molecular formula is C16H16BrClN2O2S. The number of nitrogens with one attached hydrogen (secondary N) is 2. The van der Waals surface area contributed by atoms with Gasteiger partial charge in [0.25, 0.3) is 5.91 Å². The highest BCUT2D eigenvalue weighted by atomic mass is 79.9. The lowest BCUT2D eigenvalue weighted by molar-refractivity contribution is 0.0950. The second-order valence-electron chi connectivity index (χ2n) is 5.58. The van der Waals surface area contributed by atoms with E-state index in [-0.39, 0.29) is 21.4 Å². The van der Waals surface area contributed by atoms with E-state index in [1.807, 2.05) is 38.1 Å². The number of hydrogen-bond acceptors (Lipinski definition) is 3. The normalized spacial score (nSPS) is 11.3. The van der Waals surface area contributed by atoms with Crippen LogP contribution in [-0.4, -0.2) is 22.2 Å². The molecule has 2 aromatic rings. The zero-order chi connectivity index (χ0) is 17.0. The third-order valence-corrected chi connectivity index (χ3v) is 4.89. The van der Waals surface area contributed by atoms with Crippen LogP contribution in [0.15, 0.2) is 50.6 Å². The van der Waals surface area contributed by atoms with Crippen molar-refractivity contribution in [3.8, 4) is 0 Å². The molecule has 4 nitrogen and oxygen atoms in total. The molecule has 1 aromatic carbocycles. The Morgan fingerprint density at radius 2 is 1.96 bits per heavy atom. The predicted octanol–water partition coefficient (Wildman–Crippen LogP) is 4.09. The van der Waals surface area contributed by atoms with E-state index in [0.717, 1.165) is 9.37 Å². The quantitative estimate of drug-likeness (QED) is 0.571. The largest absolute Gasteiger partial charge is 0.351 e. The van der Waals surface area contributed by atoms with Crippen molar-refractivity contribution >= 4 is 45.2 Å². The maximum Gasteiger partial charge on any atom is 0.251 e. The zero-order valence-electron chi connectivity index (χ0n) is 12.7. The summed E-state index contributed by atoms with van der Waals surface area (Å²) in [6.45, 7) is 4.55. The van der Waals surface area contributed by atoms with E-state index in [0.29, 0.717) is 6.54 Å². The minimum atomic E-state index is -0.397. The number of carbonyl (C=O) groups excluding carboxylic acids is 1. The Hall–Kier alpha value is -1.24. The number of aromatic amines is 1. The van der Waals surface area contributed by atoms with Crippen LogP contribution in [0.3, 0.4) is 0 Å². The number of rotatable bonds is 5. The predicted molar refractivity (Wildman–Crippen MR) is 98.5 cm³/mol. The topological polar surface area (TPSA) is 62.0 Å². The number of H-pyrrole nitrogens is 1. The zero-order valence-corrected chi connectivity index (χ0v) is 15.8. The number of aromatic nitrogens is 1. The lowest BCUT2D eigenvalue weighted by Crippen LogP contribution is -2.36. The van der Waals surface area contributed by atoms with Crippen molar-refractivity contribution < 1.29 is 4.79 Å². The first kappa shape index (κ1) is 18.1. The van der Waals surface area contributed by atoms with Gasteiger partial charge in [-0.2, -0.15) is 0 Å². The van der Waals surface area contributed by atoms with Crippen LogP contribution in [0.1, 0.15) is 24.2 Å². The number of thioether (sulfide) groups is 1. The summed E-state index contributed by atoms with van der Waals surface area (Å²) in [5.74, 6) is -0.317. The van der Waals surface area contributed by atoms with Crippen molar-refractivity contribution in [1.82, 2.24) is 10.3 Å². The van der Waals surface area contributed by atoms with E-state index in [4.69, 9.17) is 11.6 Å². The van der Waals surface area contributed by atoms with Gasteiger partial charge in [-0.05, 0) is 44.2 Å². The molecular weight excluding hydrogens is 400 g/mol. The first-order valence-corrected chi connectivity index (χ1v) is 8.87. The maximum absolute atomic E-state index is 12.2. The number of hydrogen-bond donors (Lipinski definition) is 2. The number of benzene rings is 1. The standard InChI is InChI=1S/C16H16BrClN2O2S/c1-16(2,23-12-5-3-11(17)4-6-12)9-19-15(22)10-7-13(18)20-14(21)8-10/h3-8H,9H2,1-2H3,(H,19,22)(H,20,21). The summed E-state index contributed by atoms with van der Waals surface area (Å²) in [7, 11) is 0. The molecule has 0 aliphatic carbocycles. The van der Waals surface area contributed by atoms with Crippen molar-refractivity contribution in [2.75, 3.05) is 6.54 Å². The van der Waals surface area contributed by atoms with Gasteiger partial charge in [0, 0.05) is 32.3 Å². The van der Waals surface area contributed by atoms with Crippen molar-refractivity contribution in [2.45, 2.75) is 23.5 Å². The minimum Gasteiger partial charge on any atom is -0.351 e. The fourth-order valence-corrected chi connectivity index (χ4v) is 3.42. The molecule has 23 heavy (non-hydrogen) atoms. The van der Waals surface area contributed by atoms with Gasteiger partial charge in [-0.1, -0.05) is 27.5 Å². The summed E-state index contributed by atoms with van der Waals surface area (Å²) < 4.78 is 0.827.